The zero-order chi connectivity index (χ0) is 45.9. The van der Waals surface area contributed by atoms with Crippen LogP contribution in [0.4, 0.5) is 5.95 Å². The van der Waals surface area contributed by atoms with Gasteiger partial charge in [0.2, 0.25) is 11.2 Å². The van der Waals surface area contributed by atoms with E-state index in [9.17, 15) is 10.5 Å². The van der Waals surface area contributed by atoms with E-state index in [1.54, 1.807) is 0 Å². The highest BCUT2D eigenvalue weighted by Gasteiger charge is 2.23. The van der Waals surface area contributed by atoms with Gasteiger partial charge in [0.05, 0.1) is 56.7 Å². The van der Waals surface area contributed by atoms with Gasteiger partial charge < -0.3 is 39.0 Å². The number of aromatic nitrogens is 6. The maximum Gasteiger partial charge on any atom is 0.203 e. The number of aryl methyl sites for hydroxylation is 4. The first-order valence-corrected chi connectivity index (χ1v) is 22.1. The van der Waals surface area contributed by atoms with E-state index >= 15 is 0 Å². The van der Waals surface area contributed by atoms with E-state index < -0.39 is 0 Å². The molecule has 3 N–H and O–H groups in total. The molecule has 0 amide bonds. The van der Waals surface area contributed by atoms with Crippen LogP contribution in [0.1, 0.15) is 45.2 Å². The molecule has 0 unspecified atom stereocenters. The maximum atomic E-state index is 9.57. The number of piperazine rings is 2. The van der Waals surface area contributed by atoms with Crippen LogP contribution in [0.3, 0.4) is 0 Å². The highest BCUT2D eigenvalue weighted by atomic mass is 35.5. The molecule has 0 saturated carbocycles. The molecule has 332 valence electrons. The van der Waals surface area contributed by atoms with E-state index in [2.05, 4.69) is 95.8 Å². The van der Waals surface area contributed by atoms with Gasteiger partial charge in [-0.25, -0.2) is 9.97 Å². The van der Waals surface area contributed by atoms with E-state index in [0.717, 1.165) is 146 Å². The summed E-state index contributed by atoms with van der Waals surface area (Å²) >= 11 is 6.13. The molecule has 0 bridgehead atoms. The van der Waals surface area contributed by atoms with E-state index in [1.807, 2.05) is 77.9 Å². The van der Waals surface area contributed by atoms with Crippen LogP contribution in [0.15, 0.2) is 69.7 Å². The quantitative estimate of drug-likeness (QED) is 0.149. The number of benzene rings is 4. The molecule has 8 aromatic rings. The van der Waals surface area contributed by atoms with Crippen LogP contribution in [0.5, 0.6) is 0 Å². The third-order valence-corrected chi connectivity index (χ3v) is 12.6. The predicted octanol–water partition coefficient (Wildman–Crippen LogP) is 9.29. The number of anilines is 1. The second-order valence-electron chi connectivity index (χ2n) is 16.8. The van der Waals surface area contributed by atoms with Crippen molar-refractivity contribution in [2.24, 2.45) is 0 Å². The standard InChI is InChI=1S/C25H26N6O.C20H15ClN4O.C5H12N2/c1-15-18(14-26)6-5-7-20(15)21-12-19(23-16(2)29-32-17(23)3)13-22-24(21)28-25(27-22)31-10-8-30(4)9-11-31;1-10-13(9-22)5-4-6-15(10)16-7-14(18-11(2)25-26-12(18)3)8-17-19(16)24-20(21)23-17;1-7-4-2-6-3-5-7/h5-7,12-13H,8-11H2,1-4H3,(H,27,28);4-8H,1-3H3,(H,23,24);6H,2-5H2,1H3. The zero-order valence-corrected chi connectivity index (χ0v) is 38.9. The molecule has 0 spiro atoms. The van der Waals surface area contributed by atoms with Crippen molar-refractivity contribution < 1.29 is 9.05 Å². The van der Waals surface area contributed by atoms with Crippen LogP contribution in [-0.2, 0) is 0 Å². The van der Waals surface area contributed by atoms with Gasteiger partial charge in [-0.1, -0.05) is 34.6 Å². The van der Waals surface area contributed by atoms with Gasteiger partial charge in [0, 0.05) is 74.6 Å². The molecule has 14 nitrogen and oxygen atoms in total. The summed E-state index contributed by atoms with van der Waals surface area (Å²) < 4.78 is 10.8. The molecular formula is C50H53ClN12O2. The van der Waals surface area contributed by atoms with Crippen molar-refractivity contribution in [1.82, 2.24) is 45.4 Å². The molecule has 2 saturated heterocycles. The van der Waals surface area contributed by atoms with Crippen molar-refractivity contribution in [2.75, 3.05) is 71.4 Å². The number of halogens is 1. The summed E-state index contributed by atoms with van der Waals surface area (Å²) in [4.78, 5) is 23.1. The lowest BCUT2D eigenvalue weighted by molar-refractivity contribution is 0.291. The number of nitriles is 2. The first kappa shape index (κ1) is 44.8. The summed E-state index contributed by atoms with van der Waals surface area (Å²) in [6, 6.07) is 24.4. The number of nitrogens with one attached hydrogen (secondary N) is 3. The van der Waals surface area contributed by atoms with Gasteiger partial charge in [-0.15, -0.1) is 0 Å². The number of fused-ring (bicyclic) bond motifs is 2. The predicted molar refractivity (Wildman–Crippen MR) is 257 cm³/mol. The Hall–Kier alpha value is -6.81. The minimum atomic E-state index is 0.325. The fraction of sp³-hybridized carbons (Fsp3) is 0.320. The highest BCUT2D eigenvalue weighted by molar-refractivity contribution is 6.29. The molecule has 4 aromatic carbocycles. The van der Waals surface area contributed by atoms with Gasteiger partial charge in [-0.3, -0.25) is 0 Å². The lowest BCUT2D eigenvalue weighted by atomic mass is 9.92. The molecule has 6 heterocycles. The van der Waals surface area contributed by atoms with Gasteiger partial charge in [0.25, 0.3) is 0 Å². The molecule has 2 aliphatic rings. The molecule has 0 aliphatic carbocycles. The smallest absolute Gasteiger partial charge is 0.203 e. The minimum Gasteiger partial charge on any atom is -0.361 e. The topological polar surface area (TPSA) is 179 Å². The summed E-state index contributed by atoms with van der Waals surface area (Å²) in [7, 11) is 4.30. The Morgan fingerprint density at radius 1 is 0.600 bits per heavy atom. The van der Waals surface area contributed by atoms with Gasteiger partial charge in [-0.2, -0.15) is 10.5 Å². The van der Waals surface area contributed by atoms with Crippen LogP contribution in [0.2, 0.25) is 5.28 Å². The summed E-state index contributed by atoms with van der Waals surface area (Å²) in [5.41, 5.74) is 16.1. The van der Waals surface area contributed by atoms with Crippen molar-refractivity contribution in [3.05, 3.63) is 111 Å². The van der Waals surface area contributed by atoms with Crippen LogP contribution in [0, 0.1) is 64.2 Å². The average Bonchev–Trinajstić information content (AvgIpc) is 4.08. The maximum absolute atomic E-state index is 9.57. The number of rotatable bonds is 5. The number of imidazole rings is 2. The van der Waals surface area contributed by atoms with Gasteiger partial charge in [-0.05, 0) is 137 Å². The SMILES string of the molecule is CN1CCNCC1.Cc1noc(C)c1-c1cc(-c2cccc(C#N)c2C)c2nc(Cl)[nH]c2c1.Cc1noc(C)c1-c1cc(-c2cccc(C#N)c2C)c2nc(N3CCN(C)CC3)[nH]c2c1. The molecule has 65 heavy (non-hydrogen) atoms. The minimum absolute atomic E-state index is 0.325. The Labute approximate surface area is 383 Å². The number of likely N-dealkylation sites (N-methyl/N-ethyl adjacent to an activating group) is 2. The Morgan fingerprint density at radius 3 is 1.52 bits per heavy atom. The van der Waals surface area contributed by atoms with Crippen molar-refractivity contribution in [3.63, 3.8) is 0 Å². The molecule has 2 aliphatic heterocycles. The molecule has 2 fully saturated rings. The third-order valence-electron chi connectivity index (χ3n) is 12.4. The van der Waals surface area contributed by atoms with Gasteiger partial charge >= 0.3 is 0 Å². The number of hydrogen-bond acceptors (Lipinski definition) is 12. The molecule has 10 rings (SSSR count). The summed E-state index contributed by atoms with van der Waals surface area (Å²) in [6.07, 6.45) is 0. The number of hydrogen-bond donors (Lipinski definition) is 3. The van der Waals surface area contributed by atoms with Crippen LogP contribution in [-0.4, -0.2) is 107 Å². The van der Waals surface area contributed by atoms with Crippen molar-refractivity contribution in [3.8, 4) is 56.6 Å². The lowest BCUT2D eigenvalue weighted by Crippen LogP contribution is -2.44. The van der Waals surface area contributed by atoms with E-state index in [1.165, 1.54) is 13.1 Å². The molecule has 4 aromatic heterocycles. The molecule has 0 radical (unpaired) electrons. The van der Waals surface area contributed by atoms with E-state index in [-0.39, 0.29) is 0 Å². The number of nitrogens with zero attached hydrogens (tertiary/aromatic N) is 9. The largest absolute Gasteiger partial charge is 0.361 e. The lowest BCUT2D eigenvalue weighted by Gasteiger charge is -2.32. The first-order chi connectivity index (χ1) is 31.3. The van der Waals surface area contributed by atoms with Crippen LogP contribution >= 0.6 is 11.6 Å². The van der Waals surface area contributed by atoms with Crippen molar-refractivity contribution in [1.29, 1.82) is 10.5 Å². The molecule has 15 heteroatoms. The normalized spacial score (nSPS) is 14.4. The summed E-state index contributed by atoms with van der Waals surface area (Å²) in [5.74, 6) is 2.43. The van der Waals surface area contributed by atoms with Crippen molar-refractivity contribution in [2.45, 2.75) is 41.5 Å². The third kappa shape index (κ3) is 9.26. The number of H-pyrrole nitrogens is 2. The average molecular weight is 890 g/mol. The monoisotopic (exact) mass is 888 g/mol. The Kier molecular flexibility index (Phi) is 13.2. The Balaban J connectivity index is 0.000000156. The fourth-order valence-corrected chi connectivity index (χ4v) is 8.91. The van der Waals surface area contributed by atoms with Crippen LogP contribution in [0.25, 0.3) is 66.6 Å². The Morgan fingerprint density at radius 2 is 1.08 bits per heavy atom. The Bertz CT molecular complexity index is 3060. The summed E-state index contributed by atoms with van der Waals surface area (Å²) in [5, 5.41) is 30.7. The highest BCUT2D eigenvalue weighted by Crippen LogP contribution is 2.40. The van der Waals surface area contributed by atoms with Gasteiger partial charge in [0.15, 0.2) is 0 Å². The van der Waals surface area contributed by atoms with E-state index in [4.69, 9.17) is 25.6 Å². The second-order valence-corrected chi connectivity index (χ2v) is 17.2. The van der Waals surface area contributed by atoms with E-state index in [0.29, 0.717) is 16.4 Å². The number of aromatic amines is 2. The van der Waals surface area contributed by atoms with Crippen LogP contribution < -0.4 is 10.2 Å². The molecular weight excluding hydrogens is 836 g/mol. The first-order valence-electron chi connectivity index (χ1n) is 21.8. The zero-order valence-electron chi connectivity index (χ0n) is 38.1. The second kappa shape index (κ2) is 19.1. The summed E-state index contributed by atoms with van der Waals surface area (Å²) in [6.45, 7) is 20.3. The van der Waals surface area contributed by atoms with Crippen molar-refractivity contribution >= 4 is 39.6 Å². The molecule has 0 atom stereocenters. The van der Waals surface area contributed by atoms with Gasteiger partial charge in [0.1, 0.15) is 11.5 Å². The fourth-order valence-electron chi connectivity index (χ4n) is 8.72.